The highest BCUT2D eigenvalue weighted by Gasteiger charge is 2.28. The van der Waals surface area contributed by atoms with Crippen molar-refractivity contribution in [3.63, 3.8) is 0 Å². The van der Waals surface area contributed by atoms with Gasteiger partial charge in [-0.05, 0) is 69.5 Å². The van der Waals surface area contributed by atoms with Crippen molar-refractivity contribution in [2.24, 2.45) is 11.3 Å². The lowest BCUT2D eigenvalue weighted by Crippen LogP contribution is -2.44. The molecule has 1 aliphatic heterocycles. The van der Waals surface area contributed by atoms with Crippen LogP contribution in [0.4, 0.5) is 0 Å². The van der Waals surface area contributed by atoms with Crippen LogP contribution in [0.1, 0.15) is 72.1 Å². The van der Waals surface area contributed by atoms with Crippen molar-refractivity contribution in [2.75, 3.05) is 26.2 Å². The third-order valence-corrected chi connectivity index (χ3v) is 5.49. The smallest absolute Gasteiger partial charge is 0.0107 e. The predicted molar refractivity (Wildman–Crippen MR) is 88.1 cm³/mol. The molecule has 118 valence electrons. The first-order valence-electron chi connectivity index (χ1n) is 9.06. The van der Waals surface area contributed by atoms with E-state index in [1.165, 1.54) is 77.5 Å². The molecule has 0 aromatic heterocycles. The largest absolute Gasteiger partial charge is 0.314 e. The van der Waals surface area contributed by atoms with E-state index in [1.54, 1.807) is 0 Å². The van der Waals surface area contributed by atoms with E-state index in [2.05, 4.69) is 31.0 Å². The third kappa shape index (κ3) is 5.04. The molecule has 1 heterocycles. The topological polar surface area (TPSA) is 15.3 Å². The summed E-state index contributed by atoms with van der Waals surface area (Å²) in [5.41, 5.74) is 0.571. The average Bonchev–Trinajstić information content (AvgIpc) is 2.59. The molecule has 2 aliphatic rings. The summed E-state index contributed by atoms with van der Waals surface area (Å²) in [4.78, 5) is 2.77. The van der Waals surface area contributed by atoms with Gasteiger partial charge in [0.05, 0.1) is 0 Å². The highest BCUT2D eigenvalue weighted by Crippen LogP contribution is 2.31. The van der Waals surface area contributed by atoms with Crippen LogP contribution in [0.2, 0.25) is 0 Å². The summed E-state index contributed by atoms with van der Waals surface area (Å²) in [7, 11) is 0. The van der Waals surface area contributed by atoms with Crippen LogP contribution in [-0.2, 0) is 0 Å². The number of hydrogen-bond acceptors (Lipinski definition) is 2. The standard InChI is InChI=1S/C18H36N2/c1-4-12-19-17-9-6-5-8-16(17)15-20-13-7-10-18(2,3)11-14-20/h16-17,19H,4-15H2,1-3H3. The van der Waals surface area contributed by atoms with Gasteiger partial charge in [-0.1, -0.05) is 33.6 Å². The fourth-order valence-electron chi connectivity index (χ4n) is 4.02. The molecule has 0 aromatic carbocycles. The zero-order chi connectivity index (χ0) is 14.4. The Hall–Kier alpha value is -0.0800. The van der Waals surface area contributed by atoms with Crippen LogP contribution in [0.15, 0.2) is 0 Å². The minimum Gasteiger partial charge on any atom is -0.314 e. The molecule has 1 saturated heterocycles. The summed E-state index contributed by atoms with van der Waals surface area (Å²) in [6, 6.07) is 0.792. The molecule has 2 heteroatoms. The first-order valence-corrected chi connectivity index (χ1v) is 9.06. The van der Waals surface area contributed by atoms with Gasteiger partial charge in [-0.3, -0.25) is 0 Å². The summed E-state index contributed by atoms with van der Waals surface area (Å²) in [5, 5.41) is 3.82. The molecule has 1 aliphatic carbocycles. The molecule has 0 spiro atoms. The molecule has 0 bridgehead atoms. The van der Waals surface area contributed by atoms with Gasteiger partial charge in [0.15, 0.2) is 0 Å². The van der Waals surface area contributed by atoms with Crippen LogP contribution in [0.5, 0.6) is 0 Å². The maximum atomic E-state index is 3.82. The van der Waals surface area contributed by atoms with Gasteiger partial charge in [-0.25, -0.2) is 0 Å². The quantitative estimate of drug-likeness (QED) is 0.817. The molecule has 2 nitrogen and oxygen atoms in total. The molecule has 1 N–H and O–H groups in total. The minimum absolute atomic E-state index is 0.571. The monoisotopic (exact) mass is 280 g/mol. The van der Waals surface area contributed by atoms with Gasteiger partial charge >= 0.3 is 0 Å². The molecule has 0 radical (unpaired) electrons. The maximum absolute atomic E-state index is 3.82. The molecule has 0 aromatic rings. The Morgan fingerprint density at radius 1 is 1.05 bits per heavy atom. The van der Waals surface area contributed by atoms with Gasteiger partial charge in [0.2, 0.25) is 0 Å². The van der Waals surface area contributed by atoms with Gasteiger partial charge < -0.3 is 10.2 Å². The fourth-order valence-corrected chi connectivity index (χ4v) is 4.02. The normalized spacial score (nSPS) is 31.9. The number of nitrogens with zero attached hydrogens (tertiary/aromatic N) is 1. The zero-order valence-corrected chi connectivity index (χ0v) is 14.1. The Bertz CT molecular complexity index is 275. The minimum atomic E-state index is 0.571. The van der Waals surface area contributed by atoms with Gasteiger partial charge in [0, 0.05) is 12.6 Å². The zero-order valence-electron chi connectivity index (χ0n) is 14.1. The van der Waals surface area contributed by atoms with E-state index in [0.29, 0.717) is 5.41 Å². The van der Waals surface area contributed by atoms with Crippen molar-refractivity contribution < 1.29 is 0 Å². The molecular weight excluding hydrogens is 244 g/mol. The molecular formula is C18H36N2. The van der Waals surface area contributed by atoms with Crippen molar-refractivity contribution in [3.8, 4) is 0 Å². The Balaban J connectivity index is 1.83. The van der Waals surface area contributed by atoms with E-state index in [1.807, 2.05) is 0 Å². The third-order valence-electron chi connectivity index (χ3n) is 5.49. The van der Waals surface area contributed by atoms with Crippen LogP contribution < -0.4 is 5.32 Å². The van der Waals surface area contributed by atoms with Crippen LogP contribution in [0.25, 0.3) is 0 Å². The Morgan fingerprint density at radius 2 is 1.85 bits per heavy atom. The number of likely N-dealkylation sites (tertiary alicyclic amines) is 1. The molecule has 0 amide bonds. The molecule has 1 saturated carbocycles. The SMILES string of the molecule is CCCNC1CCCCC1CN1CCCC(C)(C)CC1. The van der Waals surface area contributed by atoms with Crippen molar-refractivity contribution in [3.05, 3.63) is 0 Å². The van der Waals surface area contributed by atoms with Crippen molar-refractivity contribution in [1.82, 2.24) is 10.2 Å². The second-order valence-electron chi connectivity index (χ2n) is 7.92. The summed E-state index contributed by atoms with van der Waals surface area (Å²) in [6.45, 7) is 12.4. The summed E-state index contributed by atoms with van der Waals surface area (Å²) in [5.74, 6) is 0.900. The Kier molecular flexibility index (Phi) is 6.35. The highest BCUT2D eigenvalue weighted by atomic mass is 15.1. The molecule has 20 heavy (non-hydrogen) atoms. The lowest BCUT2D eigenvalue weighted by molar-refractivity contribution is 0.167. The molecule has 2 fully saturated rings. The van der Waals surface area contributed by atoms with Crippen molar-refractivity contribution >= 4 is 0 Å². The van der Waals surface area contributed by atoms with Crippen LogP contribution in [-0.4, -0.2) is 37.1 Å². The van der Waals surface area contributed by atoms with E-state index in [0.717, 1.165) is 12.0 Å². The first-order chi connectivity index (χ1) is 9.61. The number of hydrogen-bond donors (Lipinski definition) is 1. The highest BCUT2D eigenvalue weighted by molar-refractivity contribution is 4.85. The molecule has 2 unspecified atom stereocenters. The van der Waals surface area contributed by atoms with E-state index in [-0.39, 0.29) is 0 Å². The lowest BCUT2D eigenvalue weighted by Gasteiger charge is -2.36. The first kappa shape index (κ1) is 16.3. The maximum Gasteiger partial charge on any atom is 0.0107 e. The van der Waals surface area contributed by atoms with Crippen LogP contribution >= 0.6 is 0 Å². The molecule has 2 rings (SSSR count). The molecule has 2 atom stereocenters. The Morgan fingerprint density at radius 3 is 2.65 bits per heavy atom. The van der Waals surface area contributed by atoms with E-state index >= 15 is 0 Å². The summed E-state index contributed by atoms with van der Waals surface area (Å²) >= 11 is 0. The summed E-state index contributed by atoms with van der Waals surface area (Å²) < 4.78 is 0. The van der Waals surface area contributed by atoms with E-state index in [9.17, 15) is 0 Å². The van der Waals surface area contributed by atoms with Gasteiger partial charge in [-0.2, -0.15) is 0 Å². The lowest BCUT2D eigenvalue weighted by atomic mass is 9.83. The fraction of sp³-hybridized carbons (Fsp3) is 1.00. The number of nitrogens with one attached hydrogen (secondary N) is 1. The van der Waals surface area contributed by atoms with Gasteiger partial charge in [0.1, 0.15) is 0 Å². The van der Waals surface area contributed by atoms with Crippen molar-refractivity contribution in [2.45, 2.75) is 78.2 Å². The van der Waals surface area contributed by atoms with E-state index in [4.69, 9.17) is 0 Å². The van der Waals surface area contributed by atoms with Crippen LogP contribution in [0, 0.1) is 11.3 Å². The predicted octanol–water partition coefficient (Wildman–Crippen LogP) is 4.06. The van der Waals surface area contributed by atoms with Gasteiger partial charge in [0.25, 0.3) is 0 Å². The van der Waals surface area contributed by atoms with E-state index < -0.39 is 0 Å². The average molecular weight is 280 g/mol. The second-order valence-corrected chi connectivity index (χ2v) is 7.92. The van der Waals surface area contributed by atoms with Crippen molar-refractivity contribution in [1.29, 1.82) is 0 Å². The number of rotatable bonds is 5. The summed E-state index contributed by atoms with van der Waals surface area (Å²) in [6.07, 6.45) is 11.2. The van der Waals surface area contributed by atoms with Crippen LogP contribution in [0.3, 0.4) is 0 Å². The van der Waals surface area contributed by atoms with Gasteiger partial charge in [-0.15, -0.1) is 0 Å². The second kappa shape index (κ2) is 7.79. The Labute approximate surface area is 126 Å².